The van der Waals surface area contributed by atoms with Gasteiger partial charge in [-0.1, -0.05) is 30.3 Å². The summed E-state index contributed by atoms with van der Waals surface area (Å²) in [6.45, 7) is 0. The molecule has 0 aromatic heterocycles. The molecule has 4 heteroatoms. The summed E-state index contributed by atoms with van der Waals surface area (Å²) in [6, 6.07) is 10.1. The molecule has 0 aliphatic carbocycles. The van der Waals surface area contributed by atoms with Crippen molar-refractivity contribution < 1.29 is 9.59 Å². The predicted octanol–water partition coefficient (Wildman–Crippen LogP) is 3.53. The molecule has 2 aliphatic rings. The number of benzene rings is 1. The Kier molecular flexibility index (Phi) is 4.87. The largest absolute Gasteiger partial charge is 0.337 e. The zero-order valence-corrected chi connectivity index (χ0v) is 13.8. The maximum absolute atomic E-state index is 12.6. The normalized spacial score (nSPS) is 27.0. The SMILES string of the molecule is CSC1CC2CCC(C1)N2C(=O)CCC(=O)c1ccccc1. The van der Waals surface area contributed by atoms with Gasteiger partial charge in [0.25, 0.3) is 0 Å². The molecule has 0 saturated carbocycles. The van der Waals surface area contributed by atoms with Gasteiger partial charge in [-0.3, -0.25) is 9.59 Å². The molecule has 2 fully saturated rings. The average Bonchev–Trinajstić information content (AvgIpc) is 2.83. The molecular weight excluding hydrogens is 294 g/mol. The molecule has 2 aliphatic heterocycles. The van der Waals surface area contributed by atoms with Crippen LogP contribution < -0.4 is 0 Å². The summed E-state index contributed by atoms with van der Waals surface area (Å²) in [4.78, 5) is 26.8. The maximum atomic E-state index is 12.6. The number of Topliss-reactive ketones (excluding diaryl/α,β-unsaturated/α-hetero) is 1. The number of fused-ring (bicyclic) bond motifs is 2. The topological polar surface area (TPSA) is 37.4 Å². The number of hydrogen-bond acceptors (Lipinski definition) is 3. The summed E-state index contributed by atoms with van der Waals surface area (Å²) in [5.74, 6) is 0.247. The third-order valence-electron chi connectivity index (χ3n) is 4.97. The number of nitrogens with zero attached hydrogens (tertiary/aromatic N) is 1. The molecule has 2 saturated heterocycles. The van der Waals surface area contributed by atoms with Crippen LogP contribution in [0.25, 0.3) is 0 Å². The van der Waals surface area contributed by atoms with Crippen LogP contribution in [-0.4, -0.2) is 40.2 Å². The number of ketones is 1. The highest BCUT2D eigenvalue weighted by Gasteiger charge is 2.42. The first-order valence-electron chi connectivity index (χ1n) is 8.11. The minimum absolute atomic E-state index is 0.0697. The molecular formula is C18H23NO2S. The Hall–Kier alpha value is -1.29. The zero-order valence-electron chi connectivity index (χ0n) is 13.0. The van der Waals surface area contributed by atoms with Gasteiger partial charge in [0.1, 0.15) is 0 Å². The van der Waals surface area contributed by atoms with Crippen LogP contribution in [-0.2, 0) is 4.79 Å². The van der Waals surface area contributed by atoms with Crippen LogP contribution >= 0.6 is 11.8 Å². The van der Waals surface area contributed by atoms with Crippen molar-refractivity contribution in [2.24, 2.45) is 0 Å². The van der Waals surface area contributed by atoms with Gasteiger partial charge in [0.05, 0.1) is 0 Å². The van der Waals surface area contributed by atoms with Crippen molar-refractivity contribution in [1.29, 1.82) is 0 Å². The van der Waals surface area contributed by atoms with E-state index in [0.717, 1.165) is 25.7 Å². The lowest BCUT2D eigenvalue weighted by atomic mass is 10.0. The van der Waals surface area contributed by atoms with Crippen molar-refractivity contribution in [3.63, 3.8) is 0 Å². The second-order valence-corrected chi connectivity index (χ2v) is 7.44. The van der Waals surface area contributed by atoms with Crippen molar-refractivity contribution in [2.45, 2.75) is 55.9 Å². The first-order valence-corrected chi connectivity index (χ1v) is 9.40. The zero-order chi connectivity index (χ0) is 15.5. The van der Waals surface area contributed by atoms with Gasteiger partial charge in [-0.15, -0.1) is 0 Å². The Balaban J connectivity index is 1.56. The van der Waals surface area contributed by atoms with Gasteiger partial charge >= 0.3 is 0 Å². The predicted molar refractivity (Wildman–Crippen MR) is 90.2 cm³/mol. The average molecular weight is 317 g/mol. The van der Waals surface area contributed by atoms with Gasteiger partial charge in [-0.05, 0) is 31.9 Å². The van der Waals surface area contributed by atoms with Crippen molar-refractivity contribution in [1.82, 2.24) is 4.90 Å². The van der Waals surface area contributed by atoms with E-state index in [1.165, 1.54) is 0 Å². The van der Waals surface area contributed by atoms with E-state index >= 15 is 0 Å². The quantitative estimate of drug-likeness (QED) is 0.780. The summed E-state index contributed by atoms with van der Waals surface area (Å²) >= 11 is 1.93. The van der Waals surface area contributed by atoms with Crippen LogP contribution in [0, 0.1) is 0 Å². The van der Waals surface area contributed by atoms with Crippen LogP contribution in [0.1, 0.15) is 48.9 Å². The first-order chi connectivity index (χ1) is 10.7. The maximum Gasteiger partial charge on any atom is 0.223 e. The number of carbonyl (C=O) groups is 2. The highest BCUT2D eigenvalue weighted by atomic mass is 32.2. The van der Waals surface area contributed by atoms with Crippen LogP contribution in [0.5, 0.6) is 0 Å². The second kappa shape index (κ2) is 6.86. The lowest BCUT2D eigenvalue weighted by molar-refractivity contribution is -0.135. The fraction of sp³-hybridized carbons (Fsp3) is 0.556. The monoisotopic (exact) mass is 317 g/mol. The van der Waals surface area contributed by atoms with Crippen LogP contribution in [0.4, 0.5) is 0 Å². The van der Waals surface area contributed by atoms with E-state index in [1.807, 2.05) is 42.1 Å². The lowest BCUT2D eigenvalue weighted by Crippen LogP contribution is -2.47. The van der Waals surface area contributed by atoms with Gasteiger partial charge in [0.2, 0.25) is 5.91 Å². The smallest absolute Gasteiger partial charge is 0.223 e. The molecule has 22 heavy (non-hydrogen) atoms. The number of carbonyl (C=O) groups excluding carboxylic acids is 2. The number of hydrogen-bond donors (Lipinski definition) is 0. The summed E-state index contributed by atoms with van der Waals surface area (Å²) < 4.78 is 0. The van der Waals surface area contributed by atoms with Crippen molar-refractivity contribution >= 4 is 23.5 Å². The lowest BCUT2D eigenvalue weighted by Gasteiger charge is -2.38. The van der Waals surface area contributed by atoms with E-state index in [1.54, 1.807) is 0 Å². The molecule has 2 unspecified atom stereocenters. The molecule has 3 nitrogen and oxygen atoms in total. The fourth-order valence-corrected chi connectivity index (χ4v) is 4.67. The molecule has 2 heterocycles. The Morgan fingerprint density at radius 1 is 1.09 bits per heavy atom. The molecule has 1 amide bonds. The Morgan fingerprint density at radius 2 is 1.73 bits per heavy atom. The van der Waals surface area contributed by atoms with E-state index in [-0.39, 0.29) is 11.7 Å². The first kappa shape index (κ1) is 15.6. The Bertz CT molecular complexity index is 531. The van der Waals surface area contributed by atoms with Crippen molar-refractivity contribution in [3.8, 4) is 0 Å². The fourth-order valence-electron chi connectivity index (χ4n) is 3.84. The van der Waals surface area contributed by atoms with E-state index in [0.29, 0.717) is 35.7 Å². The summed E-state index contributed by atoms with van der Waals surface area (Å²) in [6.07, 6.45) is 7.36. The summed E-state index contributed by atoms with van der Waals surface area (Å²) in [5, 5.41) is 0.701. The van der Waals surface area contributed by atoms with E-state index in [9.17, 15) is 9.59 Å². The Morgan fingerprint density at radius 3 is 2.32 bits per heavy atom. The third kappa shape index (κ3) is 3.22. The number of thioether (sulfide) groups is 1. The number of rotatable bonds is 5. The minimum atomic E-state index is 0.0697. The van der Waals surface area contributed by atoms with E-state index in [2.05, 4.69) is 11.2 Å². The third-order valence-corrected chi connectivity index (χ3v) is 6.02. The van der Waals surface area contributed by atoms with Gasteiger partial charge in [-0.25, -0.2) is 0 Å². The molecule has 118 valence electrons. The molecule has 0 spiro atoms. The van der Waals surface area contributed by atoms with Gasteiger partial charge in [-0.2, -0.15) is 11.8 Å². The highest BCUT2D eigenvalue weighted by Crippen LogP contribution is 2.39. The van der Waals surface area contributed by atoms with E-state index in [4.69, 9.17) is 0 Å². The molecule has 0 N–H and O–H groups in total. The van der Waals surface area contributed by atoms with Crippen LogP contribution in [0.3, 0.4) is 0 Å². The molecule has 2 atom stereocenters. The van der Waals surface area contributed by atoms with Crippen LogP contribution in [0.15, 0.2) is 30.3 Å². The summed E-state index contributed by atoms with van der Waals surface area (Å²) in [7, 11) is 0. The molecule has 1 aromatic rings. The van der Waals surface area contributed by atoms with Gasteiger partial charge in [0, 0.05) is 35.7 Å². The molecule has 2 bridgehead atoms. The van der Waals surface area contributed by atoms with Crippen molar-refractivity contribution in [2.75, 3.05) is 6.26 Å². The van der Waals surface area contributed by atoms with Crippen LogP contribution in [0.2, 0.25) is 0 Å². The Labute approximate surface area is 136 Å². The molecule has 0 radical (unpaired) electrons. The molecule has 3 rings (SSSR count). The van der Waals surface area contributed by atoms with Gasteiger partial charge < -0.3 is 4.90 Å². The number of piperidine rings is 1. The highest BCUT2D eigenvalue weighted by molar-refractivity contribution is 7.99. The standard InChI is InChI=1S/C18H23NO2S/c1-22-16-11-14-7-8-15(12-16)19(14)18(21)10-9-17(20)13-5-3-2-4-6-13/h2-6,14-16H,7-12H2,1H3. The number of amides is 1. The second-order valence-electron chi connectivity index (χ2n) is 6.30. The van der Waals surface area contributed by atoms with Crippen molar-refractivity contribution in [3.05, 3.63) is 35.9 Å². The van der Waals surface area contributed by atoms with Gasteiger partial charge in [0.15, 0.2) is 5.78 Å². The summed E-state index contributed by atoms with van der Waals surface area (Å²) in [5.41, 5.74) is 0.708. The minimum Gasteiger partial charge on any atom is -0.337 e. The molecule has 1 aromatic carbocycles. The van der Waals surface area contributed by atoms with E-state index < -0.39 is 0 Å².